The summed E-state index contributed by atoms with van der Waals surface area (Å²) in [5.41, 5.74) is 2.53. The van der Waals surface area contributed by atoms with Crippen molar-refractivity contribution in [2.24, 2.45) is 0 Å². The number of hydrogen-bond donors (Lipinski definition) is 3. The van der Waals surface area contributed by atoms with E-state index in [4.69, 9.17) is 0 Å². The van der Waals surface area contributed by atoms with E-state index in [1.165, 1.54) is 37.1 Å². The first-order valence-electron chi connectivity index (χ1n) is 15.8. The fourth-order valence-corrected chi connectivity index (χ4v) is 6.75. The largest absolute Gasteiger partial charge is 0.421 e. The van der Waals surface area contributed by atoms with Crippen LogP contribution in [0.5, 0.6) is 0 Å². The number of hydrogen-bond acceptors (Lipinski definition) is 7. The summed E-state index contributed by atoms with van der Waals surface area (Å²) in [5, 5.41) is 8.80. The van der Waals surface area contributed by atoms with Gasteiger partial charge in [-0.15, -0.1) is 0 Å². The molecule has 12 heteroatoms. The molecule has 9 nitrogen and oxygen atoms in total. The maximum absolute atomic E-state index is 13.8. The van der Waals surface area contributed by atoms with Crippen molar-refractivity contribution >= 4 is 23.5 Å². The molecule has 4 aliphatic rings. The van der Waals surface area contributed by atoms with Gasteiger partial charge in [0.15, 0.2) is 0 Å². The SMILES string of the molecule is CN1CCC(N2CCC(c3ccc(Nc4ncc(C(F)(F)F)c(NCCCN5CCNC5=O)n4)c(C4CC4)c3)CC2)CC1. The van der Waals surface area contributed by atoms with E-state index in [0.29, 0.717) is 43.9 Å². The molecule has 6 rings (SSSR count). The van der Waals surface area contributed by atoms with Crippen molar-refractivity contribution in [3.05, 3.63) is 41.1 Å². The number of rotatable bonds is 10. The van der Waals surface area contributed by atoms with Crippen LogP contribution in [0, 0.1) is 0 Å². The summed E-state index contributed by atoms with van der Waals surface area (Å²) >= 11 is 0. The Labute approximate surface area is 251 Å². The second-order valence-corrected chi connectivity index (χ2v) is 12.5. The number of carbonyl (C=O) groups excluding carboxylic acids is 1. The van der Waals surface area contributed by atoms with Crippen molar-refractivity contribution in [1.29, 1.82) is 0 Å². The molecule has 0 spiro atoms. The minimum Gasteiger partial charge on any atom is -0.369 e. The van der Waals surface area contributed by atoms with Gasteiger partial charge in [-0.3, -0.25) is 0 Å². The van der Waals surface area contributed by atoms with Gasteiger partial charge in [0.25, 0.3) is 0 Å². The molecule has 2 aromatic rings. The van der Waals surface area contributed by atoms with E-state index in [1.54, 1.807) is 4.90 Å². The molecule has 4 fully saturated rings. The van der Waals surface area contributed by atoms with Crippen LogP contribution in [0.2, 0.25) is 0 Å². The lowest BCUT2D eigenvalue weighted by Gasteiger charge is -2.41. The van der Waals surface area contributed by atoms with Crippen LogP contribution in [0.4, 0.5) is 35.4 Å². The summed E-state index contributed by atoms with van der Waals surface area (Å²) in [7, 11) is 2.21. The fourth-order valence-electron chi connectivity index (χ4n) is 6.75. The fraction of sp³-hybridized carbons (Fsp3) is 0.645. The quantitative estimate of drug-likeness (QED) is 0.323. The van der Waals surface area contributed by atoms with Crippen LogP contribution >= 0.6 is 0 Å². The normalized spacial score (nSPS) is 21.3. The average molecular weight is 601 g/mol. The molecule has 3 N–H and O–H groups in total. The molecule has 1 aromatic heterocycles. The number of piperidine rings is 2. The van der Waals surface area contributed by atoms with Gasteiger partial charge in [0.05, 0.1) is 0 Å². The zero-order valence-corrected chi connectivity index (χ0v) is 24.9. The first kappa shape index (κ1) is 29.9. The molecule has 3 aliphatic heterocycles. The smallest absolute Gasteiger partial charge is 0.369 e. The first-order chi connectivity index (χ1) is 20.7. The summed E-state index contributed by atoms with van der Waals surface area (Å²) in [6, 6.07) is 7.11. The third-order valence-corrected chi connectivity index (χ3v) is 9.48. The van der Waals surface area contributed by atoms with E-state index >= 15 is 0 Å². The standard InChI is InChI=1S/C31H43F3N8O/c1-40-14-9-24(10-15-40)41-16-7-21(8-17-41)23-5-6-27(25(19-23)22-3-4-22)38-29-37-20-26(31(32,33)34)28(39-29)35-11-2-13-42-18-12-36-30(42)43/h5-6,19-22,24H,2-4,7-18H2,1H3,(H,36,43)(H2,35,37,38,39). The van der Waals surface area contributed by atoms with E-state index in [-0.39, 0.29) is 24.3 Å². The van der Waals surface area contributed by atoms with Crippen molar-refractivity contribution < 1.29 is 18.0 Å². The van der Waals surface area contributed by atoms with Crippen LogP contribution < -0.4 is 16.0 Å². The molecule has 1 saturated carbocycles. The summed E-state index contributed by atoms with van der Waals surface area (Å²) in [6.45, 7) is 6.55. The van der Waals surface area contributed by atoms with Gasteiger partial charge in [0.2, 0.25) is 5.95 Å². The van der Waals surface area contributed by atoms with Gasteiger partial charge in [-0.25, -0.2) is 9.78 Å². The van der Waals surface area contributed by atoms with Crippen molar-refractivity contribution in [3.8, 4) is 0 Å². The predicted octanol–water partition coefficient (Wildman–Crippen LogP) is 5.22. The number of benzene rings is 1. The highest BCUT2D eigenvalue weighted by Crippen LogP contribution is 2.46. The number of nitrogens with zero attached hydrogens (tertiary/aromatic N) is 5. The van der Waals surface area contributed by atoms with E-state index in [0.717, 1.165) is 50.7 Å². The Morgan fingerprint density at radius 1 is 1.00 bits per heavy atom. The van der Waals surface area contributed by atoms with Crippen LogP contribution in [-0.4, -0.2) is 96.1 Å². The topological polar surface area (TPSA) is 88.7 Å². The van der Waals surface area contributed by atoms with Crippen molar-refractivity contribution in [2.75, 3.05) is 70.0 Å². The van der Waals surface area contributed by atoms with Crippen molar-refractivity contribution in [2.45, 2.75) is 69.0 Å². The van der Waals surface area contributed by atoms with E-state index in [1.807, 2.05) is 0 Å². The van der Waals surface area contributed by atoms with Crippen LogP contribution in [-0.2, 0) is 6.18 Å². The Morgan fingerprint density at radius 2 is 1.77 bits per heavy atom. The minimum absolute atomic E-state index is 0.135. The number of aromatic nitrogens is 2. The maximum atomic E-state index is 13.8. The van der Waals surface area contributed by atoms with E-state index in [2.05, 4.69) is 61.0 Å². The number of likely N-dealkylation sites (tertiary alicyclic amines) is 2. The second-order valence-electron chi connectivity index (χ2n) is 12.5. The number of urea groups is 1. The highest BCUT2D eigenvalue weighted by molar-refractivity contribution is 5.76. The third kappa shape index (κ3) is 7.34. The van der Waals surface area contributed by atoms with Gasteiger partial charge in [0, 0.05) is 44.1 Å². The van der Waals surface area contributed by atoms with Gasteiger partial charge < -0.3 is 30.7 Å². The summed E-state index contributed by atoms with van der Waals surface area (Å²) in [6.07, 6.45) is 3.81. The van der Waals surface area contributed by atoms with Crippen LogP contribution in [0.25, 0.3) is 0 Å². The summed E-state index contributed by atoms with van der Waals surface area (Å²) in [5.74, 6) is 0.864. The van der Waals surface area contributed by atoms with E-state index < -0.39 is 11.7 Å². The number of carbonyl (C=O) groups is 1. The van der Waals surface area contributed by atoms with Gasteiger partial charge >= 0.3 is 12.2 Å². The lowest BCUT2D eigenvalue weighted by molar-refractivity contribution is -0.137. The molecule has 234 valence electrons. The predicted molar refractivity (Wildman–Crippen MR) is 161 cm³/mol. The maximum Gasteiger partial charge on any atom is 0.421 e. The lowest BCUT2D eigenvalue weighted by atomic mass is 9.86. The lowest BCUT2D eigenvalue weighted by Crippen LogP contribution is -2.46. The number of halogens is 3. The van der Waals surface area contributed by atoms with Crippen LogP contribution in [0.1, 0.15) is 73.5 Å². The zero-order valence-electron chi connectivity index (χ0n) is 24.9. The molecule has 0 radical (unpaired) electrons. The van der Waals surface area contributed by atoms with Gasteiger partial charge in [0.1, 0.15) is 11.4 Å². The average Bonchev–Trinajstić information content (AvgIpc) is 3.76. The molecule has 0 atom stereocenters. The second kappa shape index (κ2) is 12.9. The number of anilines is 3. The number of alkyl halides is 3. The van der Waals surface area contributed by atoms with Crippen molar-refractivity contribution in [1.82, 2.24) is 30.0 Å². The molecule has 2 amide bonds. The number of nitrogens with one attached hydrogen (secondary N) is 3. The number of amides is 2. The molecular formula is C31H43F3N8O. The monoisotopic (exact) mass is 600 g/mol. The minimum atomic E-state index is -4.58. The molecule has 0 unspecified atom stereocenters. The Bertz CT molecular complexity index is 1270. The van der Waals surface area contributed by atoms with Gasteiger partial charge in [-0.2, -0.15) is 18.2 Å². The third-order valence-electron chi connectivity index (χ3n) is 9.48. The Morgan fingerprint density at radius 3 is 2.44 bits per heavy atom. The van der Waals surface area contributed by atoms with E-state index in [9.17, 15) is 18.0 Å². The highest BCUT2D eigenvalue weighted by Gasteiger charge is 2.36. The summed E-state index contributed by atoms with van der Waals surface area (Å²) < 4.78 is 41.3. The molecule has 1 aromatic carbocycles. The molecule has 3 saturated heterocycles. The van der Waals surface area contributed by atoms with Crippen molar-refractivity contribution in [3.63, 3.8) is 0 Å². The van der Waals surface area contributed by atoms with Gasteiger partial charge in [-0.1, -0.05) is 12.1 Å². The van der Waals surface area contributed by atoms with Crippen LogP contribution in [0.15, 0.2) is 24.4 Å². The molecule has 43 heavy (non-hydrogen) atoms. The molecule has 0 bridgehead atoms. The van der Waals surface area contributed by atoms with Crippen LogP contribution in [0.3, 0.4) is 0 Å². The molecule has 4 heterocycles. The first-order valence-corrected chi connectivity index (χ1v) is 15.8. The van der Waals surface area contributed by atoms with Gasteiger partial charge in [-0.05, 0) is 107 Å². The Hall–Kier alpha value is -3.12. The highest BCUT2D eigenvalue weighted by atomic mass is 19.4. The Kier molecular flexibility index (Phi) is 8.95. The Balaban J connectivity index is 1.11. The summed E-state index contributed by atoms with van der Waals surface area (Å²) in [4.78, 5) is 26.8. The zero-order chi connectivity index (χ0) is 30.0. The molecular weight excluding hydrogens is 557 g/mol. The molecule has 1 aliphatic carbocycles.